The minimum Gasteiger partial charge on any atom is -0.338 e. The molecule has 0 aliphatic carbocycles. The number of benzene rings is 1. The molecule has 126 valence electrons. The van der Waals surface area contributed by atoms with Crippen molar-refractivity contribution < 1.29 is 4.79 Å². The van der Waals surface area contributed by atoms with Crippen LogP contribution in [-0.4, -0.2) is 46.9 Å². The fraction of sp³-hybridized carbons (Fsp3) is 0.474. The Balaban J connectivity index is 1.37. The van der Waals surface area contributed by atoms with Gasteiger partial charge >= 0.3 is 0 Å². The zero-order chi connectivity index (χ0) is 16.7. The summed E-state index contributed by atoms with van der Waals surface area (Å²) in [5, 5.41) is 3.30. The van der Waals surface area contributed by atoms with E-state index in [0.29, 0.717) is 11.8 Å². The number of likely N-dealkylation sites (tertiary alicyclic amines) is 2. The molecule has 0 unspecified atom stereocenters. The summed E-state index contributed by atoms with van der Waals surface area (Å²) in [6.45, 7) is 8.97. The van der Waals surface area contributed by atoms with E-state index in [1.165, 1.54) is 5.69 Å². The number of hydrogen-bond donors (Lipinski definition) is 0. The van der Waals surface area contributed by atoms with Crippen LogP contribution in [0.1, 0.15) is 26.6 Å². The molecule has 0 radical (unpaired) electrons. The van der Waals surface area contributed by atoms with Crippen LogP contribution < -0.4 is 0 Å². The van der Waals surface area contributed by atoms with E-state index < -0.39 is 0 Å². The van der Waals surface area contributed by atoms with Gasteiger partial charge in [0, 0.05) is 43.7 Å². The number of fused-ring (bicyclic) bond motifs is 1. The minimum absolute atomic E-state index is 0.198. The first-order chi connectivity index (χ1) is 11.6. The van der Waals surface area contributed by atoms with Crippen LogP contribution in [0.5, 0.6) is 0 Å². The van der Waals surface area contributed by atoms with Gasteiger partial charge in [0.25, 0.3) is 5.91 Å². The summed E-state index contributed by atoms with van der Waals surface area (Å²) >= 11 is 1.72. The van der Waals surface area contributed by atoms with E-state index in [9.17, 15) is 4.79 Å². The molecule has 1 aromatic carbocycles. The quantitative estimate of drug-likeness (QED) is 0.861. The van der Waals surface area contributed by atoms with Crippen molar-refractivity contribution in [2.45, 2.75) is 20.4 Å². The van der Waals surface area contributed by atoms with E-state index in [2.05, 4.69) is 27.1 Å². The van der Waals surface area contributed by atoms with Crippen molar-refractivity contribution in [3.8, 4) is 0 Å². The van der Waals surface area contributed by atoms with Crippen molar-refractivity contribution >= 4 is 17.2 Å². The van der Waals surface area contributed by atoms with Gasteiger partial charge in [0.05, 0.1) is 10.7 Å². The molecule has 0 bridgehead atoms. The fourth-order valence-electron chi connectivity index (χ4n) is 4.08. The molecule has 2 aromatic rings. The Morgan fingerprint density at radius 1 is 1.17 bits per heavy atom. The third kappa shape index (κ3) is 2.98. The van der Waals surface area contributed by atoms with Crippen molar-refractivity contribution in [2.75, 3.05) is 26.2 Å². The van der Waals surface area contributed by atoms with Gasteiger partial charge in [0.15, 0.2) is 0 Å². The van der Waals surface area contributed by atoms with E-state index in [4.69, 9.17) is 0 Å². The second-order valence-electron chi connectivity index (χ2n) is 7.10. The van der Waals surface area contributed by atoms with Gasteiger partial charge in [-0.3, -0.25) is 9.69 Å². The van der Waals surface area contributed by atoms with Crippen molar-refractivity contribution in [1.82, 2.24) is 14.8 Å². The third-order valence-corrected chi connectivity index (χ3v) is 6.10. The number of thiazole rings is 1. The molecule has 2 aliphatic heterocycles. The smallest absolute Gasteiger partial charge is 0.254 e. The largest absolute Gasteiger partial charge is 0.338 e. The highest BCUT2D eigenvalue weighted by molar-refractivity contribution is 7.09. The second-order valence-corrected chi connectivity index (χ2v) is 8.16. The van der Waals surface area contributed by atoms with E-state index in [0.717, 1.165) is 48.9 Å². The van der Waals surface area contributed by atoms with Crippen molar-refractivity contribution in [1.29, 1.82) is 0 Å². The lowest BCUT2D eigenvalue weighted by atomic mass is 10.0. The average Bonchev–Trinajstić information content (AvgIpc) is 3.22. The van der Waals surface area contributed by atoms with Gasteiger partial charge in [0.1, 0.15) is 0 Å². The van der Waals surface area contributed by atoms with Crippen LogP contribution in [0.4, 0.5) is 0 Å². The summed E-state index contributed by atoms with van der Waals surface area (Å²) in [6, 6.07) is 7.90. The fourth-order valence-corrected chi connectivity index (χ4v) is 4.68. The Morgan fingerprint density at radius 2 is 1.88 bits per heavy atom. The van der Waals surface area contributed by atoms with Crippen LogP contribution >= 0.6 is 11.3 Å². The monoisotopic (exact) mass is 341 g/mol. The number of amides is 1. The van der Waals surface area contributed by atoms with Gasteiger partial charge in [0.2, 0.25) is 0 Å². The molecule has 2 aliphatic rings. The van der Waals surface area contributed by atoms with Gasteiger partial charge in [-0.25, -0.2) is 4.98 Å². The van der Waals surface area contributed by atoms with Crippen LogP contribution in [0.2, 0.25) is 0 Å². The number of rotatable bonds is 3. The molecule has 3 heterocycles. The molecular weight excluding hydrogens is 318 g/mol. The maximum Gasteiger partial charge on any atom is 0.254 e. The first-order valence-electron chi connectivity index (χ1n) is 8.58. The number of carbonyl (C=O) groups is 1. The second kappa shape index (κ2) is 6.30. The Hall–Kier alpha value is -1.72. The molecule has 0 N–H and O–H groups in total. The summed E-state index contributed by atoms with van der Waals surface area (Å²) in [5.41, 5.74) is 3.11. The molecule has 24 heavy (non-hydrogen) atoms. The Morgan fingerprint density at radius 3 is 2.50 bits per heavy atom. The first-order valence-corrected chi connectivity index (χ1v) is 9.46. The van der Waals surface area contributed by atoms with Gasteiger partial charge in [-0.2, -0.15) is 0 Å². The zero-order valence-corrected chi connectivity index (χ0v) is 15.1. The molecule has 1 aromatic heterocycles. The molecule has 2 saturated heterocycles. The number of hydrogen-bond acceptors (Lipinski definition) is 4. The lowest BCUT2D eigenvalue weighted by Gasteiger charge is -2.21. The third-order valence-electron chi connectivity index (χ3n) is 5.28. The summed E-state index contributed by atoms with van der Waals surface area (Å²) in [6.07, 6.45) is 0. The number of aryl methyl sites for hydroxylation is 2. The zero-order valence-electron chi connectivity index (χ0n) is 14.2. The normalized spacial score (nSPS) is 23.7. The number of nitrogens with zero attached hydrogens (tertiary/aromatic N) is 3. The van der Waals surface area contributed by atoms with Gasteiger partial charge in [-0.1, -0.05) is 18.2 Å². The summed E-state index contributed by atoms with van der Waals surface area (Å²) in [5.74, 6) is 1.42. The molecule has 2 atom stereocenters. The predicted octanol–water partition coefficient (Wildman–Crippen LogP) is 2.96. The molecule has 1 amide bonds. The van der Waals surface area contributed by atoms with Crippen LogP contribution in [0.25, 0.3) is 0 Å². The molecule has 2 fully saturated rings. The Bertz CT molecular complexity index is 743. The van der Waals surface area contributed by atoms with E-state index in [1.807, 2.05) is 31.2 Å². The SMILES string of the molecule is Cc1nc(CN2C[C@H]3CN(C(=O)c4ccccc4C)C[C@@H]3C2)cs1. The van der Waals surface area contributed by atoms with Crippen molar-refractivity contribution in [3.05, 3.63) is 51.5 Å². The first kappa shape index (κ1) is 15.8. The van der Waals surface area contributed by atoms with Crippen LogP contribution in [-0.2, 0) is 6.54 Å². The number of aromatic nitrogens is 1. The predicted molar refractivity (Wildman–Crippen MR) is 96.2 cm³/mol. The molecule has 0 spiro atoms. The summed E-state index contributed by atoms with van der Waals surface area (Å²) in [7, 11) is 0. The molecule has 0 saturated carbocycles. The minimum atomic E-state index is 0.198. The standard InChI is InChI=1S/C19H23N3OS/c1-13-5-3-4-6-18(13)19(23)22-9-15-7-21(8-16(15)10-22)11-17-12-24-14(2)20-17/h3-6,12,15-16H,7-11H2,1-2H3/t15-,16-/m0/s1. The number of carbonyl (C=O) groups excluding carboxylic acids is 1. The lowest BCUT2D eigenvalue weighted by Crippen LogP contribution is -2.33. The Kier molecular flexibility index (Phi) is 4.14. The van der Waals surface area contributed by atoms with E-state index in [-0.39, 0.29) is 5.91 Å². The lowest BCUT2D eigenvalue weighted by molar-refractivity contribution is 0.0772. The highest BCUT2D eigenvalue weighted by Gasteiger charge is 2.41. The highest BCUT2D eigenvalue weighted by Crippen LogP contribution is 2.33. The molecule has 5 heteroatoms. The summed E-state index contributed by atoms with van der Waals surface area (Å²) < 4.78 is 0. The molecule has 4 nitrogen and oxygen atoms in total. The van der Waals surface area contributed by atoms with Gasteiger partial charge in [-0.15, -0.1) is 11.3 Å². The van der Waals surface area contributed by atoms with E-state index in [1.54, 1.807) is 11.3 Å². The molecule has 4 rings (SSSR count). The van der Waals surface area contributed by atoms with Crippen LogP contribution in [0.3, 0.4) is 0 Å². The maximum atomic E-state index is 12.8. The van der Waals surface area contributed by atoms with Crippen LogP contribution in [0.15, 0.2) is 29.6 Å². The van der Waals surface area contributed by atoms with Gasteiger partial charge in [-0.05, 0) is 37.3 Å². The van der Waals surface area contributed by atoms with Crippen molar-refractivity contribution in [2.24, 2.45) is 11.8 Å². The maximum absolute atomic E-state index is 12.8. The average molecular weight is 341 g/mol. The van der Waals surface area contributed by atoms with Gasteiger partial charge < -0.3 is 4.90 Å². The van der Waals surface area contributed by atoms with Crippen molar-refractivity contribution in [3.63, 3.8) is 0 Å². The van der Waals surface area contributed by atoms with Crippen LogP contribution in [0, 0.1) is 25.7 Å². The summed E-state index contributed by atoms with van der Waals surface area (Å²) in [4.78, 5) is 21.9. The molecular formula is C19H23N3OS. The highest BCUT2D eigenvalue weighted by atomic mass is 32.1. The topological polar surface area (TPSA) is 36.4 Å². The van der Waals surface area contributed by atoms with E-state index >= 15 is 0 Å². The Labute approximate surface area is 147 Å².